The maximum Gasteiger partial charge on any atom is 0.151 e. The number of aromatic nitrogens is 3. The van der Waals surface area contributed by atoms with Crippen molar-refractivity contribution < 1.29 is 4.39 Å². The Labute approximate surface area is 151 Å². The Morgan fingerprint density at radius 1 is 1.12 bits per heavy atom. The molecule has 0 saturated carbocycles. The van der Waals surface area contributed by atoms with Crippen molar-refractivity contribution >= 4 is 22.4 Å². The van der Waals surface area contributed by atoms with Crippen LogP contribution in [0.15, 0.2) is 43.0 Å². The minimum absolute atomic E-state index is 0.301. The molecule has 0 unspecified atom stereocenters. The van der Waals surface area contributed by atoms with E-state index < -0.39 is 0 Å². The lowest BCUT2D eigenvalue weighted by Crippen LogP contribution is -2.28. The van der Waals surface area contributed by atoms with E-state index in [-0.39, 0.29) is 5.82 Å². The van der Waals surface area contributed by atoms with E-state index in [9.17, 15) is 4.39 Å². The number of nitrogens with zero attached hydrogens (tertiary/aromatic N) is 4. The Morgan fingerprint density at radius 3 is 3.00 bits per heavy atom. The highest BCUT2D eigenvalue weighted by Gasteiger charge is 2.13. The van der Waals surface area contributed by atoms with E-state index in [0.29, 0.717) is 17.6 Å². The average molecular weight is 352 g/mol. The summed E-state index contributed by atoms with van der Waals surface area (Å²) in [6.45, 7) is 4.47. The molecule has 1 saturated heterocycles. The maximum absolute atomic E-state index is 14.2. The van der Waals surface area contributed by atoms with E-state index in [0.717, 1.165) is 49.5 Å². The quantitative estimate of drug-likeness (QED) is 0.752. The zero-order chi connectivity index (χ0) is 17.8. The fourth-order valence-corrected chi connectivity index (χ4v) is 3.27. The molecule has 3 heterocycles. The molecule has 1 fully saturated rings. The third-order valence-electron chi connectivity index (χ3n) is 4.55. The van der Waals surface area contributed by atoms with Crippen LogP contribution in [0.2, 0.25) is 0 Å². The number of nitrogens with one attached hydrogen (secondary N) is 2. The van der Waals surface area contributed by atoms with Gasteiger partial charge < -0.3 is 15.5 Å². The zero-order valence-corrected chi connectivity index (χ0v) is 14.5. The van der Waals surface area contributed by atoms with Gasteiger partial charge in [0.1, 0.15) is 5.52 Å². The Bertz CT molecular complexity index is 892. The lowest BCUT2D eigenvalue weighted by molar-refractivity contribution is 0.634. The van der Waals surface area contributed by atoms with Crippen molar-refractivity contribution in [3.63, 3.8) is 0 Å². The van der Waals surface area contributed by atoms with Crippen molar-refractivity contribution in [1.29, 1.82) is 0 Å². The number of rotatable bonds is 4. The van der Waals surface area contributed by atoms with Crippen molar-refractivity contribution in [3.05, 3.63) is 54.4 Å². The van der Waals surface area contributed by atoms with Gasteiger partial charge in [-0.15, -0.1) is 0 Å². The third kappa shape index (κ3) is 3.57. The normalized spacial score (nSPS) is 15.0. The lowest BCUT2D eigenvalue weighted by Gasteiger charge is -2.25. The molecule has 7 heteroatoms. The van der Waals surface area contributed by atoms with Crippen LogP contribution in [-0.2, 0) is 6.54 Å². The predicted octanol–water partition coefficient (Wildman–Crippen LogP) is 2.58. The molecule has 4 rings (SSSR count). The zero-order valence-electron chi connectivity index (χ0n) is 14.5. The van der Waals surface area contributed by atoms with E-state index in [4.69, 9.17) is 0 Å². The van der Waals surface area contributed by atoms with Gasteiger partial charge in [0.2, 0.25) is 0 Å². The van der Waals surface area contributed by atoms with Crippen molar-refractivity contribution in [2.75, 3.05) is 36.4 Å². The summed E-state index contributed by atoms with van der Waals surface area (Å²) >= 11 is 0. The molecule has 3 aromatic rings. The average Bonchev–Trinajstić information content (AvgIpc) is 2.96. The fourth-order valence-electron chi connectivity index (χ4n) is 3.27. The summed E-state index contributed by atoms with van der Waals surface area (Å²) in [5.41, 5.74) is 3.77. The molecule has 1 aromatic carbocycles. The van der Waals surface area contributed by atoms with Gasteiger partial charge in [0, 0.05) is 44.8 Å². The second-order valence-corrected chi connectivity index (χ2v) is 6.34. The Balaban J connectivity index is 1.55. The molecule has 1 aliphatic heterocycles. The van der Waals surface area contributed by atoms with Crippen LogP contribution in [0.3, 0.4) is 0 Å². The summed E-state index contributed by atoms with van der Waals surface area (Å²) in [6.07, 6.45) is 7.82. The molecule has 0 atom stereocenters. The summed E-state index contributed by atoms with van der Waals surface area (Å²) in [5, 5.41) is 6.82. The van der Waals surface area contributed by atoms with Gasteiger partial charge >= 0.3 is 0 Å². The number of benzene rings is 1. The van der Waals surface area contributed by atoms with Crippen LogP contribution in [0, 0.1) is 5.82 Å². The first-order valence-corrected chi connectivity index (χ1v) is 8.84. The van der Waals surface area contributed by atoms with Crippen LogP contribution in [-0.4, -0.2) is 41.1 Å². The predicted molar refractivity (Wildman–Crippen MR) is 101 cm³/mol. The molecule has 0 radical (unpaired) electrons. The molecular formula is C19H21FN6. The molecule has 6 nitrogen and oxygen atoms in total. The fraction of sp³-hybridized carbons (Fsp3) is 0.316. The molecule has 0 amide bonds. The van der Waals surface area contributed by atoms with Gasteiger partial charge in [0.25, 0.3) is 0 Å². The lowest BCUT2D eigenvalue weighted by atomic mass is 10.1. The van der Waals surface area contributed by atoms with Gasteiger partial charge in [0.05, 0.1) is 23.1 Å². The second kappa shape index (κ2) is 7.61. The number of hydrogen-bond acceptors (Lipinski definition) is 6. The largest absolute Gasteiger partial charge is 0.378 e. The monoisotopic (exact) mass is 352 g/mol. The van der Waals surface area contributed by atoms with Crippen LogP contribution < -0.4 is 15.5 Å². The molecule has 0 spiro atoms. The topological polar surface area (TPSA) is 66.0 Å². The molecule has 1 aliphatic rings. The Kier molecular flexibility index (Phi) is 4.88. The summed E-state index contributed by atoms with van der Waals surface area (Å²) in [7, 11) is 0. The number of hydrogen-bond donors (Lipinski definition) is 2. The van der Waals surface area contributed by atoms with Crippen LogP contribution in [0.1, 0.15) is 12.0 Å². The smallest absolute Gasteiger partial charge is 0.151 e. The molecule has 26 heavy (non-hydrogen) atoms. The summed E-state index contributed by atoms with van der Waals surface area (Å²) in [5.74, 6) is -0.350. The van der Waals surface area contributed by atoms with Gasteiger partial charge in [-0.25, -0.2) is 9.37 Å². The van der Waals surface area contributed by atoms with Gasteiger partial charge in [-0.2, -0.15) is 0 Å². The standard InChI is InChI=1S/C19H21FN6/c20-15-10-14(11-16-19(15)24-6-5-23-16)12-25-17-13-22-4-2-18(17)26-8-1-3-21-7-9-26/h2,4-6,10-11,13,21,25H,1,3,7-9,12H2. The highest BCUT2D eigenvalue weighted by Crippen LogP contribution is 2.26. The molecule has 0 bridgehead atoms. The minimum Gasteiger partial charge on any atom is -0.378 e. The van der Waals surface area contributed by atoms with Gasteiger partial charge in [-0.3, -0.25) is 9.97 Å². The van der Waals surface area contributed by atoms with E-state index >= 15 is 0 Å². The second-order valence-electron chi connectivity index (χ2n) is 6.34. The maximum atomic E-state index is 14.2. The van der Waals surface area contributed by atoms with Crippen LogP contribution in [0.4, 0.5) is 15.8 Å². The highest BCUT2D eigenvalue weighted by molar-refractivity contribution is 5.75. The van der Waals surface area contributed by atoms with E-state index in [1.165, 1.54) is 12.3 Å². The van der Waals surface area contributed by atoms with Gasteiger partial charge in [-0.05, 0) is 36.7 Å². The molecule has 0 aliphatic carbocycles. The number of pyridine rings is 1. The Hall–Kier alpha value is -2.80. The van der Waals surface area contributed by atoms with E-state index in [2.05, 4.69) is 30.5 Å². The van der Waals surface area contributed by atoms with Crippen molar-refractivity contribution in [2.45, 2.75) is 13.0 Å². The van der Waals surface area contributed by atoms with Crippen LogP contribution in [0.25, 0.3) is 11.0 Å². The van der Waals surface area contributed by atoms with Gasteiger partial charge in [0.15, 0.2) is 5.82 Å². The minimum atomic E-state index is -0.350. The molecule has 134 valence electrons. The SMILES string of the molecule is Fc1cc(CNc2cnccc2N2CCCNCC2)cc2nccnc12. The number of anilines is 2. The first-order valence-electron chi connectivity index (χ1n) is 8.84. The first kappa shape index (κ1) is 16.7. The van der Waals surface area contributed by atoms with Crippen molar-refractivity contribution in [3.8, 4) is 0 Å². The molecule has 2 aromatic heterocycles. The van der Waals surface area contributed by atoms with Crippen LogP contribution >= 0.6 is 0 Å². The number of halogens is 1. The van der Waals surface area contributed by atoms with E-state index in [1.807, 2.05) is 24.5 Å². The van der Waals surface area contributed by atoms with Crippen molar-refractivity contribution in [1.82, 2.24) is 20.3 Å². The first-order chi connectivity index (χ1) is 12.8. The van der Waals surface area contributed by atoms with Gasteiger partial charge in [-0.1, -0.05) is 0 Å². The summed E-state index contributed by atoms with van der Waals surface area (Å²) in [6, 6.07) is 5.40. The molecular weight excluding hydrogens is 331 g/mol. The van der Waals surface area contributed by atoms with Crippen LogP contribution in [0.5, 0.6) is 0 Å². The third-order valence-corrected chi connectivity index (χ3v) is 4.55. The highest BCUT2D eigenvalue weighted by atomic mass is 19.1. The Morgan fingerprint density at radius 2 is 2.04 bits per heavy atom. The van der Waals surface area contributed by atoms with E-state index in [1.54, 1.807) is 6.20 Å². The molecule has 2 N–H and O–H groups in total. The van der Waals surface area contributed by atoms with Crippen molar-refractivity contribution in [2.24, 2.45) is 0 Å². The number of fused-ring (bicyclic) bond motifs is 1. The summed E-state index contributed by atoms with van der Waals surface area (Å²) < 4.78 is 14.2. The summed E-state index contributed by atoms with van der Waals surface area (Å²) in [4.78, 5) is 14.8.